The smallest absolute Gasteiger partial charge is 0.119 e. The number of halogens is 1. The van der Waals surface area contributed by atoms with Crippen LogP contribution in [0.15, 0.2) is 42.5 Å². The maximum atomic E-state index is 9.12. The van der Waals surface area contributed by atoms with Crippen molar-refractivity contribution in [2.24, 2.45) is 0 Å². The molecule has 0 amide bonds. The predicted molar refractivity (Wildman–Crippen MR) is 87.3 cm³/mol. The number of hydrogen-bond donors (Lipinski definition) is 1. The number of ether oxygens (including phenoxy) is 2. The molecule has 0 bridgehead atoms. The van der Waals surface area contributed by atoms with Crippen LogP contribution in [0.4, 0.5) is 5.69 Å². The van der Waals surface area contributed by atoms with Crippen molar-refractivity contribution in [2.75, 3.05) is 25.6 Å². The molecule has 0 spiro atoms. The van der Waals surface area contributed by atoms with Gasteiger partial charge in [-0.3, -0.25) is 0 Å². The molecule has 0 aliphatic carbocycles. The monoisotopic (exact) mass is 316 g/mol. The lowest BCUT2D eigenvalue weighted by Gasteiger charge is -2.11. The minimum atomic E-state index is 0.510. The number of methoxy groups -OCH3 is 1. The second-order valence-electron chi connectivity index (χ2n) is 4.62. The van der Waals surface area contributed by atoms with Crippen LogP contribution in [0.25, 0.3) is 0 Å². The van der Waals surface area contributed by atoms with Crippen molar-refractivity contribution in [1.29, 1.82) is 5.26 Å². The first-order valence-electron chi connectivity index (χ1n) is 6.87. The largest absolute Gasteiger partial charge is 0.491 e. The van der Waals surface area contributed by atoms with E-state index in [-0.39, 0.29) is 0 Å². The topological polar surface area (TPSA) is 54.3 Å². The van der Waals surface area contributed by atoms with Crippen LogP contribution in [0.3, 0.4) is 0 Å². The van der Waals surface area contributed by atoms with Gasteiger partial charge in [-0.15, -0.1) is 0 Å². The molecule has 22 heavy (non-hydrogen) atoms. The zero-order chi connectivity index (χ0) is 15.8. The number of benzene rings is 2. The van der Waals surface area contributed by atoms with Crippen LogP contribution in [-0.4, -0.2) is 20.3 Å². The van der Waals surface area contributed by atoms with Crippen molar-refractivity contribution in [2.45, 2.75) is 6.54 Å². The van der Waals surface area contributed by atoms with E-state index in [1.165, 1.54) is 0 Å². The summed E-state index contributed by atoms with van der Waals surface area (Å²) in [5, 5.41) is 12.9. The second kappa shape index (κ2) is 8.28. The average molecular weight is 317 g/mol. The highest BCUT2D eigenvalue weighted by molar-refractivity contribution is 6.33. The van der Waals surface area contributed by atoms with Crippen LogP contribution in [0.1, 0.15) is 11.1 Å². The Balaban J connectivity index is 2.03. The van der Waals surface area contributed by atoms with Gasteiger partial charge in [0.25, 0.3) is 0 Å². The Bertz CT molecular complexity index is 668. The van der Waals surface area contributed by atoms with E-state index in [0.717, 1.165) is 11.3 Å². The van der Waals surface area contributed by atoms with Crippen molar-refractivity contribution in [3.63, 3.8) is 0 Å². The summed E-state index contributed by atoms with van der Waals surface area (Å²) in [7, 11) is 1.64. The van der Waals surface area contributed by atoms with Gasteiger partial charge in [0.1, 0.15) is 18.4 Å². The highest BCUT2D eigenvalue weighted by atomic mass is 35.5. The Morgan fingerprint density at radius 3 is 2.77 bits per heavy atom. The fourth-order valence-corrected chi connectivity index (χ4v) is 2.22. The van der Waals surface area contributed by atoms with Crippen LogP contribution in [0.5, 0.6) is 5.75 Å². The summed E-state index contributed by atoms with van der Waals surface area (Å²) in [5.41, 5.74) is 2.22. The van der Waals surface area contributed by atoms with E-state index < -0.39 is 0 Å². The van der Waals surface area contributed by atoms with Gasteiger partial charge in [0, 0.05) is 13.7 Å². The van der Waals surface area contributed by atoms with E-state index in [9.17, 15) is 0 Å². The maximum absolute atomic E-state index is 9.12. The fraction of sp³-hybridized carbons (Fsp3) is 0.235. The molecule has 2 rings (SSSR count). The van der Waals surface area contributed by atoms with Crippen LogP contribution in [0.2, 0.25) is 5.02 Å². The molecular weight excluding hydrogens is 300 g/mol. The average Bonchev–Trinajstić information content (AvgIpc) is 2.54. The van der Waals surface area contributed by atoms with Gasteiger partial charge in [0.05, 0.1) is 22.9 Å². The quantitative estimate of drug-likeness (QED) is 0.788. The van der Waals surface area contributed by atoms with E-state index in [1.54, 1.807) is 25.3 Å². The number of nitriles is 1. The van der Waals surface area contributed by atoms with Gasteiger partial charge in [-0.05, 0) is 29.8 Å². The van der Waals surface area contributed by atoms with Gasteiger partial charge >= 0.3 is 0 Å². The van der Waals surface area contributed by atoms with E-state index in [1.807, 2.05) is 24.3 Å². The SMILES string of the molecule is COCCOc1cccc(CNc2c(Cl)cccc2C#N)c1. The Morgan fingerprint density at radius 1 is 1.18 bits per heavy atom. The van der Waals surface area contributed by atoms with Crippen molar-refractivity contribution in [3.05, 3.63) is 58.6 Å². The highest BCUT2D eigenvalue weighted by Crippen LogP contribution is 2.26. The normalized spacial score (nSPS) is 10.0. The second-order valence-corrected chi connectivity index (χ2v) is 5.02. The minimum absolute atomic E-state index is 0.510. The molecule has 4 nitrogen and oxygen atoms in total. The van der Waals surface area contributed by atoms with E-state index >= 15 is 0 Å². The first-order valence-corrected chi connectivity index (χ1v) is 7.25. The lowest BCUT2D eigenvalue weighted by molar-refractivity contribution is 0.146. The summed E-state index contributed by atoms with van der Waals surface area (Å²) in [6, 6.07) is 15.1. The summed E-state index contributed by atoms with van der Waals surface area (Å²) >= 11 is 6.14. The molecule has 114 valence electrons. The number of nitrogens with one attached hydrogen (secondary N) is 1. The molecule has 0 aromatic heterocycles. The highest BCUT2D eigenvalue weighted by Gasteiger charge is 2.06. The van der Waals surface area contributed by atoms with Crippen LogP contribution in [0, 0.1) is 11.3 Å². The third-order valence-corrected chi connectivity index (χ3v) is 3.37. The molecule has 0 atom stereocenters. The lowest BCUT2D eigenvalue weighted by atomic mass is 10.1. The van der Waals surface area contributed by atoms with Crippen LogP contribution < -0.4 is 10.1 Å². The van der Waals surface area contributed by atoms with Gasteiger partial charge in [0.2, 0.25) is 0 Å². The Hall–Kier alpha value is -2.22. The molecule has 2 aromatic rings. The summed E-state index contributed by atoms with van der Waals surface area (Å²) in [6.45, 7) is 1.62. The van der Waals surface area contributed by atoms with Crippen LogP contribution >= 0.6 is 11.6 Å². The summed E-state index contributed by atoms with van der Waals surface area (Å²) in [4.78, 5) is 0. The summed E-state index contributed by atoms with van der Waals surface area (Å²) in [5.74, 6) is 0.788. The Morgan fingerprint density at radius 2 is 2.00 bits per heavy atom. The molecular formula is C17H17ClN2O2. The number of rotatable bonds is 7. The van der Waals surface area contributed by atoms with E-state index in [4.69, 9.17) is 26.3 Å². The third-order valence-electron chi connectivity index (χ3n) is 3.06. The van der Waals surface area contributed by atoms with Crippen molar-refractivity contribution in [1.82, 2.24) is 0 Å². The van der Waals surface area contributed by atoms with Gasteiger partial charge in [-0.2, -0.15) is 5.26 Å². The van der Waals surface area contributed by atoms with Gasteiger partial charge in [0.15, 0.2) is 0 Å². The van der Waals surface area contributed by atoms with Crippen molar-refractivity contribution < 1.29 is 9.47 Å². The maximum Gasteiger partial charge on any atom is 0.119 e. The first kappa shape index (κ1) is 16.2. The summed E-state index contributed by atoms with van der Waals surface area (Å²) in [6.07, 6.45) is 0. The molecule has 0 heterocycles. The molecule has 5 heteroatoms. The molecule has 0 saturated carbocycles. The molecule has 0 fully saturated rings. The van der Waals surface area contributed by atoms with Crippen molar-refractivity contribution >= 4 is 17.3 Å². The fourth-order valence-electron chi connectivity index (χ4n) is 1.98. The standard InChI is InChI=1S/C17H17ClN2O2/c1-21-8-9-22-15-6-2-4-13(10-15)12-20-17-14(11-19)5-3-7-16(17)18/h2-7,10,20H,8-9,12H2,1H3. The zero-order valence-corrected chi connectivity index (χ0v) is 13.1. The molecule has 0 aliphatic rings. The molecule has 0 aliphatic heterocycles. The zero-order valence-electron chi connectivity index (χ0n) is 12.3. The molecule has 0 saturated heterocycles. The Labute approximate surface area is 135 Å². The van der Waals surface area contributed by atoms with Gasteiger partial charge in [-0.1, -0.05) is 29.8 Å². The summed E-state index contributed by atoms with van der Waals surface area (Å²) < 4.78 is 10.5. The minimum Gasteiger partial charge on any atom is -0.491 e. The number of nitrogens with zero attached hydrogens (tertiary/aromatic N) is 1. The van der Waals surface area contributed by atoms with E-state index in [0.29, 0.717) is 36.0 Å². The lowest BCUT2D eigenvalue weighted by Crippen LogP contribution is -2.05. The first-order chi connectivity index (χ1) is 10.7. The van der Waals surface area contributed by atoms with E-state index in [2.05, 4.69) is 11.4 Å². The molecule has 1 N–H and O–H groups in total. The van der Waals surface area contributed by atoms with Gasteiger partial charge < -0.3 is 14.8 Å². The molecule has 2 aromatic carbocycles. The van der Waals surface area contributed by atoms with Crippen LogP contribution in [-0.2, 0) is 11.3 Å². The number of hydrogen-bond acceptors (Lipinski definition) is 4. The van der Waals surface area contributed by atoms with Crippen molar-refractivity contribution in [3.8, 4) is 11.8 Å². The van der Waals surface area contributed by atoms with Gasteiger partial charge in [-0.25, -0.2) is 0 Å². The third kappa shape index (κ3) is 4.39. The predicted octanol–water partition coefficient (Wildman–Crippen LogP) is 3.85. The Kier molecular flexibility index (Phi) is 6.08. The molecule has 0 unspecified atom stereocenters. The number of para-hydroxylation sites is 1. The molecule has 0 radical (unpaired) electrons. The number of anilines is 1.